The van der Waals surface area contributed by atoms with Crippen LogP contribution in [0.1, 0.15) is 11.1 Å². The Morgan fingerprint density at radius 2 is 2.18 bits per heavy atom. The van der Waals surface area contributed by atoms with Crippen LogP contribution in [0.2, 0.25) is 0 Å². The fraction of sp³-hybridized carbons (Fsp3) is 0.333. The lowest BCUT2D eigenvalue weighted by Crippen LogP contribution is -2.35. The number of hydrogen-bond donors (Lipinski definition) is 1. The van der Waals surface area contributed by atoms with E-state index in [0.717, 1.165) is 13.0 Å². The van der Waals surface area contributed by atoms with Crippen molar-refractivity contribution < 1.29 is 4.92 Å². The van der Waals surface area contributed by atoms with Crippen molar-refractivity contribution in [2.45, 2.75) is 13.0 Å². The average Bonchev–Trinajstić information content (AvgIpc) is 2.35. The number of fused-ring (bicyclic) bond motifs is 1. The third-order valence-electron chi connectivity index (χ3n) is 2.88. The summed E-state index contributed by atoms with van der Waals surface area (Å²) in [5, 5.41) is 13.3. The summed E-state index contributed by atoms with van der Waals surface area (Å²) in [6.45, 7) is 1.46. The van der Waals surface area contributed by atoms with Crippen molar-refractivity contribution in [3.63, 3.8) is 0 Å². The molecule has 90 valence electrons. The summed E-state index contributed by atoms with van der Waals surface area (Å²) in [5.74, 6) is 0.435. The number of nitrogens with one attached hydrogen (secondary N) is 1. The Morgan fingerprint density at radius 1 is 1.47 bits per heavy atom. The minimum Gasteiger partial charge on any atom is -0.400 e. The highest BCUT2D eigenvalue weighted by atomic mass is 16.6. The second-order valence-electron chi connectivity index (χ2n) is 3.91. The van der Waals surface area contributed by atoms with Crippen LogP contribution in [0.25, 0.3) is 0 Å². The van der Waals surface area contributed by atoms with E-state index in [-0.39, 0.29) is 0 Å². The highest BCUT2D eigenvalue weighted by molar-refractivity contribution is 5.29. The second-order valence-corrected chi connectivity index (χ2v) is 3.91. The molecule has 1 aliphatic heterocycles. The smallest absolute Gasteiger partial charge is 0.0419 e. The lowest BCUT2D eigenvalue weighted by Gasteiger charge is -2.35. The van der Waals surface area contributed by atoms with Crippen molar-refractivity contribution in [3.8, 4) is 0 Å². The fourth-order valence-electron chi connectivity index (χ4n) is 2.06. The minimum atomic E-state index is -0.549. The molecule has 0 aliphatic carbocycles. The molecule has 1 heterocycles. The van der Waals surface area contributed by atoms with Gasteiger partial charge in [-0.15, -0.1) is 4.92 Å². The quantitative estimate of drug-likeness (QED) is 0.367. The average molecular weight is 232 g/mol. The lowest BCUT2D eigenvalue weighted by atomic mass is 10.0. The molecule has 0 fully saturated rings. The molecule has 0 bridgehead atoms. The van der Waals surface area contributed by atoms with Gasteiger partial charge < -0.3 is 10.2 Å². The Hall–Kier alpha value is -2.04. The number of hydrogen-bond acceptors (Lipinski definition) is 4. The number of nitrogens with zero attached hydrogens (tertiary/aromatic N) is 2. The largest absolute Gasteiger partial charge is 0.400 e. The summed E-state index contributed by atoms with van der Waals surface area (Å²) < 4.78 is 0. The monoisotopic (exact) mass is 232 g/mol. The van der Waals surface area contributed by atoms with Gasteiger partial charge >= 0.3 is 0 Å². The van der Waals surface area contributed by atoms with Crippen molar-refractivity contribution in [3.05, 3.63) is 57.5 Å². The SMILES string of the molecule is CNC(=[C-][N+](=O)[O-])N1CCc2ccccc2C1. The van der Waals surface area contributed by atoms with Gasteiger partial charge in [-0.05, 0) is 23.4 Å². The van der Waals surface area contributed by atoms with Crippen molar-refractivity contribution in [2.75, 3.05) is 13.6 Å². The van der Waals surface area contributed by atoms with Crippen molar-refractivity contribution in [2.24, 2.45) is 0 Å². The van der Waals surface area contributed by atoms with Gasteiger partial charge in [0.15, 0.2) is 0 Å². The number of rotatable bonds is 3. The van der Waals surface area contributed by atoms with E-state index in [2.05, 4.69) is 23.6 Å². The van der Waals surface area contributed by atoms with Crippen LogP contribution in [0, 0.1) is 16.3 Å². The van der Waals surface area contributed by atoms with Crippen LogP contribution in [0.5, 0.6) is 0 Å². The molecule has 0 aromatic heterocycles. The van der Waals surface area contributed by atoms with Crippen LogP contribution in [0.4, 0.5) is 0 Å². The summed E-state index contributed by atoms with van der Waals surface area (Å²) in [7, 11) is 1.67. The molecule has 0 unspecified atom stereocenters. The van der Waals surface area contributed by atoms with Crippen LogP contribution in [-0.4, -0.2) is 23.4 Å². The van der Waals surface area contributed by atoms with Gasteiger partial charge in [0.1, 0.15) is 0 Å². The standard InChI is InChI=1S/C12H14N3O2/c1-13-12(9-15(16)17)14-7-6-10-4-2-3-5-11(10)8-14/h2-5,13H,6-8H2,1H3/q-1. The zero-order chi connectivity index (χ0) is 12.3. The van der Waals surface area contributed by atoms with Crippen LogP contribution < -0.4 is 5.32 Å². The molecule has 0 spiro atoms. The Bertz CT molecular complexity index is 457. The van der Waals surface area contributed by atoms with Crippen LogP contribution in [-0.2, 0) is 13.0 Å². The topological polar surface area (TPSA) is 58.4 Å². The predicted molar refractivity (Wildman–Crippen MR) is 63.4 cm³/mol. The Labute approximate surface area is 99.9 Å². The zero-order valence-electron chi connectivity index (χ0n) is 9.64. The molecule has 5 heteroatoms. The fourth-order valence-corrected chi connectivity index (χ4v) is 2.06. The molecule has 1 N–H and O–H groups in total. The van der Waals surface area contributed by atoms with E-state index in [4.69, 9.17) is 0 Å². The molecule has 0 saturated heterocycles. The van der Waals surface area contributed by atoms with Gasteiger partial charge in [0.25, 0.3) is 0 Å². The summed E-state index contributed by atoms with van der Waals surface area (Å²) in [5.41, 5.74) is 2.54. The molecule has 0 saturated carbocycles. The Morgan fingerprint density at radius 3 is 2.82 bits per heavy atom. The number of nitro groups is 1. The van der Waals surface area contributed by atoms with Crippen LogP contribution >= 0.6 is 0 Å². The first-order chi connectivity index (χ1) is 8.20. The molecule has 5 nitrogen and oxygen atoms in total. The lowest BCUT2D eigenvalue weighted by molar-refractivity contribution is -0.422. The number of benzene rings is 1. The molecule has 0 amide bonds. The molecule has 0 atom stereocenters. The van der Waals surface area contributed by atoms with E-state index in [9.17, 15) is 10.1 Å². The molecule has 0 radical (unpaired) electrons. The van der Waals surface area contributed by atoms with E-state index in [1.165, 1.54) is 11.1 Å². The van der Waals surface area contributed by atoms with Gasteiger partial charge in [-0.25, -0.2) is 0 Å². The maximum Gasteiger partial charge on any atom is 0.0419 e. The molecule has 17 heavy (non-hydrogen) atoms. The molecular formula is C12H14N3O2-. The zero-order valence-corrected chi connectivity index (χ0v) is 9.64. The minimum absolute atomic E-state index is 0.435. The van der Waals surface area contributed by atoms with Gasteiger partial charge in [0, 0.05) is 20.1 Å². The van der Waals surface area contributed by atoms with Gasteiger partial charge in [-0.2, -0.15) is 0 Å². The Kier molecular flexibility index (Phi) is 3.27. The summed E-state index contributed by atoms with van der Waals surface area (Å²) in [4.78, 5) is 11.9. The van der Waals surface area contributed by atoms with Crippen molar-refractivity contribution >= 4 is 0 Å². The molecule has 1 aliphatic rings. The third-order valence-corrected chi connectivity index (χ3v) is 2.88. The molecular weight excluding hydrogens is 218 g/mol. The predicted octanol–water partition coefficient (Wildman–Crippen LogP) is 1.14. The Balaban J connectivity index is 2.19. The van der Waals surface area contributed by atoms with E-state index < -0.39 is 4.92 Å². The summed E-state index contributed by atoms with van der Waals surface area (Å²) in [6, 6.07) is 8.17. The summed E-state index contributed by atoms with van der Waals surface area (Å²) >= 11 is 0. The van der Waals surface area contributed by atoms with Gasteiger partial charge in [-0.3, -0.25) is 10.1 Å². The van der Waals surface area contributed by atoms with E-state index in [1.54, 1.807) is 7.05 Å². The first-order valence-electron chi connectivity index (χ1n) is 5.48. The van der Waals surface area contributed by atoms with E-state index in [0.29, 0.717) is 12.4 Å². The van der Waals surface area contributed by atoms with Gasteiger partial charge in [0.2, 0.25) is 0 Å². The van der Waals surface area contributed by atoms with Crippen LogP contribution in [0.3, 0.4) is 0 Å². The van der Waals surface area contributed by atoms with Crippen LogP contribution in [0.15, 0.2) is 30.1 Å². The first kappa shape index (κ1) is 11.4. The van der Waals surface area contributed by atoms with Gasteiger partial charge in [-0.1, -0.05) is 30.5 Å². The van der Waals surface area contributed by atoms with Crippen molar-refractivity contribution in [1.29, 1.82) is 0 Å². The maximum absolute atomic E-state index is 10.5. The highest BCUT2D eigenvalue weighted by Gasteiger charge is 2.14. The molecule has 1 aromatic carbocycles. The van der Waals surface area contributed by atoms with Crippen molar-refractivity contribution in [1.82, 2.24) is 10.2 Å². The first-order valence-corrected chi connectivity index (χ1v) is 5.48. The maximum atomic E-state index is 10.5. The normalized spacial score (nSPS) is 15.4. The molecule has 1 aromatic rings. The summed E-state index contributed by atoms with van der Waals surface area (Å²) in [6.07, 6.45) is 3.09. The second kappa shape index (κ2) is 4.86. The molecule has 2 rings (SSSR count). The van der Waals surface area contributed by atoms with E-state index in [1.807, 2.05) is 17.0 Å². The van der Waals surface area contributed by atoms with Gasteiger partial charge in [0.05, 0.1) is 0 Å². The third kappa shape index (κ3) is 2.55. The van der Waals surface area contributed by atoms with E-state index >= 15 is 0 Å². The highest BCUT2D eigenvalue weighted by Crippen LogP contribution is 2.20.